The maximum absolute atomic E-state index is 6.45. The molecule has 0 aliphatic rings. The minimum absolute atomic E-state index is 0.570. The molecule has 4 nitrogen and oxygen atoms in total. The number of hydrogen-bond acceptors (Lipinski definition) is 3. The van der Waals surface area contributed by atoms with Gasteiger partial charge in [0.05, 0.1) is 11.0 Å². The second-order valence-electron chi connectivity index (χ2n) is 12.3. The van der Waals surface area contributed by atoms with E-state index in [1.165, 1.54) is 21.9 Å². The standard InChI is InChI=1S/C46H31N3O/c1-3-15-30(4-2)46-47-43(45-44(48-46)37-22-11-12-25-41(37)50-45)34-19-13-18-33(28-34)36-23-14-24-40-42(36)38-29-32(31-16-7-5-8-17-31)26-27-39(38)49(40)35-20-9-6-10-21-35/h3-29H,1-2H2/b30-15+. The Hall–Kier alpha value is -6.78. The van der Waals surface area contributed by atoms with Crippen LogP contribution in [0.3, 0.4) is 0 Å². The second kappa shape index (κ2) is 12.0. The van der Waals surface area contributed by atoms with Crippen LogP contribution < -0.4 is 0 Å². The monoisotopic (exact) mass is 641 g/mol. The molecule has 236 valence electrons. The molecule has 4 heteroatoms. The number of benzene rings is 6. The molecule has 0 radical (unpaired) electrons. The molecule has 0 fully saturated rings. The molecule has 3 heterocycles. The fraction of sp³-hybridized carbons (Fsp3) is 0. The molecule has 3 aromatic heterocycles. The first kappa shape index (κ1) is 29.4. The number of rotatable bonds is 7. The first-order valence-electron chi connectivity index (χ1n) is 16.7. The van der Waals surface area contributed by atoms with Gasteiger partial charge in [-0.15, -0.1) is 0 Å². The predicted molar refractivity (Wildman–Crippen MR) is 208 cm³/mol. The number of hydrogen-bond donors (Lipinski definition) is 0. The molecule has 0 saturated carbocycles. The van der Waals surface area contributed by atoms with Crippen LogP contribution in [0, 0.1) is 0 Å². The highest BCUT2D eigenvalue weighted by atomic mass is 16.3. The van der Waals surface area contributed by atoms with Gasteiger partial charge in [0, 0.05) is 33.0 Å². The summed E-state index contributed by atoms with van der Waals surface area (Å²) in [6, 6.07) is 51.1. The Bertz CT molecular complexity index is 2790. The summed E-state index contributed by atoms with van der Waals surface area (Å²) in [4.78, 5) is 10.1. The third-order valence-corrected chi connectivity index (χ3v) is 9.35. The van der Waals surface area contributed by atoms with E-state index < -0.39 is 0 Å². The van der Waals surface area contributed by atoms with Crippen molar-refractivity contribution in [1.82, 2.24) is 14.5 Å². The second-order valence-corrected chi connectivity index (χ2v) is 12.3. The van der Waals surface area contributed by atoms with Gasteiger partial charge in [-0.25, -0.2) is 9.97 Å². The van der Waals surface area contributed by atoms with Crippen LogP contribution in [0.5, 0.6) is 0 Å². The molecule has 0 atom stereocenters. The fourth-order valence-corrected chi connectivity index (χ4v) is 7.09. The van der Waals surface area contributed by atoms with E-state index >= 15 is 0 Å². The highest BCUT2D eigenvalue weighted by molar-refractivity contribution is 6.17. The van der Waals surface area contributed by atoms with Gasteiger partial charge in [-0.05, 0) is 70.8 Å². The number of fused-ring (bicyclic) bond motifs is 6. The fourth-order valence-electron chi connectivity index (χ4n) is 7.09. The lowest BCUT2D eigenvalue weighted by Gasteiger charge is -2.10. The summed E-state index contributed by atoms with van der Waals surface area (Å²) in [5.74, 6) is 0.570. The topological polar surface area (TPSA) is 43.9 Å². The van der Waals surface area contributed by atoms with Gasteiger partial charge in [-0.1, -0.05) is 128 Å². The summed E-state index contributed by atoms with van der Waals surface area (Å²) in [5, 5.41) is 3.33. The molecule has 50 heavy (non-hydrogen) atoms. The van der Waals surface area contributed by atoms with E-state index in [9.17, 15) is 0 Å². The summed E-state index contributed by atoms with van der Waals surface area (Å²) in [6.45, 7) is 7.92. The van der Waals surface area contributed by atoms with Crippen molar-refractivity contribution in [2.24, 2.45) is 0 Å². The van der Waals surface area contributed by atoms with Gasteiger partial charge in [0.1, 0.15) is 16.8 Å². The zero-order valence-corrected chi connectivity index (χ0v) is 27.3. The van der Waals surface area contributed by atoms with Crippen LogP contribution in [0.4, 0.5) is 0 Å². The van der Waals surface area contributed by atoms with Crippen molar-refractivity contribution in [3.63, 3.8) is 0 Å². The summed E-state index contributed by atoms with van der Waals surface area (Å²) in [6.07, 6.45) is 5.37. The number of aromatic nitrogens is 3. The number of nitrogens with zero attached hydrogens (tertiary/aromatic N) is 3. The van der Waals surface area contributed by atoms with Gasteiger partial charge in [0.2, 0.25) is 0 Å². The average molecular weight is 642 g/mol. The van der Waals surface area contributed by atoms with E-state index in [1.54, 1.807) is 12.2 Å². The Labute approximate surface area is 289 Å². The molecule has 0 N–H and O–H groups in total. The van der Waals surface area contributed by atoms with Gasteiger partial charge >= 0.3 is 0 Å². The first-order chi connectivity index (χ1) is 24.7. The minimum Gasteiger partial charge on any atom is -0.452 e. The third-order valence-electron chi connectivity index (χ3n) is 9.35. The molecule has 6 aromatic carbocycles. The minimum atomic E-state index is 0.570. The Morgan fingerprint density at radius 2 is 1.34 bits per heavy atom. The lowest BCUT2D eigenvalue weighted by atomic mass is 9.96. The zero-order valence-electron chi connectivity index (χ0n) is 27.3. The van der Waals surface area contributed by atoms with Crippen LogP contribution in [-0.2, 0) is 0 Å². The van der Waals surface area contributed by atoms with E-state index in [4.69, 9.17) is 14.4 Å². The van der Waals surface area contributed by atoms with Crippen molar-refractivity contribution in [1.29, 1.82) is 0 Å². The molecule has 9 aromatic rings. The van der Waals surface area contributed by atoms with Crippen LogP contribution in [0.2, 0.25) is 0 Å². The molecular weight excluding hydrogens is 611 g/mol. The molecule has 0 saturated heterocycles. The largest absolute Gasteiger partial charge is 0.452 e. The molecule has 0 bridgehead atoms. The number of para-hydroxylation sites is 2. The maximum Gasteiger partial charge on any atom is 0.180 e. The Morgan fingerprint density at radius 3 is 2.16 bits per heavy atom. The van der Waals surface area contributed by atoms with Gasteiger partial charge in [-0.2, -0.15) is 0 Å². The Kier molecular flexibility index (Phi) is 7.07. The molecule has 0 aliphatic carbocycles. The van der Waals surface area contributed by atoms with Crippen molar-refractivity contribution < 1.29 is 4.42 Å². The van der Waals surface area contributed by atoms with Crippen molar-refractivity contribution >= 4 is 49.4 Å². The van der Waals surface area contributed by atoms with E-state index in [-0.39, 0.29) is 0 Å². The Morgan fingerprint density at radius 1 is 0.600 bits per heavy atom. The summed E-state index contributed by atoms with van der Waals surface area (Å²) < 4.78 is 8.82. The van der Waals surface area contributed by atoms with Crippen LogP contribution >= 0.6 is 0 Å². The van der Waals surface area contributed by atoms with E-state index in [2.05, 4.69) is 139 Å². The first-order valence-corrected chi connectivity index (χ1v) is 16.7. The highest BCUT2D eigenvalue weighted by Crippen LogP contribution is 2.42. The lowest BCUT2D eigenvalue weighted by molar-refractivity contribution is 0.667. The maximum atomic E-state index is 6.45. The summed E-state index contributed by atoms with van der Waals surface area (Å²) in [5.41, 5.74) is 12.7. The quantitative estimate of drug-likeness (QED) is 0.163. The van der Waals surface area contributed by atoms with Crippen LogP contribution in [0.25, 0.3) is 88.6 Å². The van der Waals surface area contributed by atoms with Gasteiger partial charge in [0.15, 0.2) is 11.4 Å². The third kappa shape index (κ3) is 4.77. The van der Waals surface area contributed by atoms with Crippen molar-refractivity contribution in [3.05, 3.63) is 183 Å². The van der Waals surface area contributed by atoms with Crippen molar-refractivity contribution in [3.8, 4) is 39.2 Å². The van der Waals surface area contributed by atoms with Crippen molar-refractivity contribution in [2.75, 3.05) is 0 Å². The van der Waals surface area contributed by atoms with E-state index in [0.717, 1.165) is 61.2 Å². The molecule has 0 unspecified atom stereocenters. The van der Waals surface area contributed by atoms with Crippen LogP contribution in [0.15, 0.2) is 181 Å². The smallest absolute Gasteiger partial charge is 0.180 e. The summed E-state index contributed by atoms with van der Waals surface area (Å²) >= 11 is 0. The SMILES string of the molecule is C=C/C=C(\C=C)c1nc(-c2cccc(-c3cccc4c3c3cc(-c5ccccc5)ccc3n4-c3ccccc3)c2)c2oc3ccccc3c2n1. The zero-order chi connectivity index (χ0) is 33.6. The highest BCUT2D eigenvalue weighted by Gasteiger charge is 2.20. The van der Waals surface area contributed by atoms with E-state index in [0.29, 0.717) is 11.4 Å². The summed E-state index contributed by atoms with van der Waals surface area (Å²) in [7, 11) is 0. The number of allylic oxidation sites excluding steroid dienone is 4. The molecule has 0 aliphatic heterocycles. The van der Waals surface area contributed by atoms with Crippen LogP contribution in [-0.4, -0.2) is 14.5 Å². The molecule has 0 amide bonds. The van der Waals surface area contributed by atoms with E-state index in [1.807, 2.05) is 30.3 Å². The van der Waals surface area contributed by atoms with Crippen molar-refractivity contribution in [2.45, 2.75) is 0 Å². The normalized spacial score (nSPS) is 11.9. The predicted octanol–water partition coefficient (Wildman–Crippen LogP) is 12.2. The van der Waals surface area contributed by atoms with Gasteiger partial charge in [-0.3, -0.25) is 0 Å². The molecule has 9 rings (SSSR count). The Balaban J connectivity index is 1.31. The molecular formula is C46H31N3O. The molecule has 0 spiro atoms. The lowest BCUT2D eigenvalue weighted by Crippen LogP contribution is -1.96. The average Bonchev–Trinajstić information content (AvgIpc) is 3.73. The number of furan rings is 1. The van der Waals surface area contributed by atoms with Crippen LogP contribution in [0.1, 0.15) is 5.82 Å². The van der Waals surface area contributed by atoms with Gasteiger partial charge in [0.25, 0.3) is 0 Å². The van der Waals surface area contributed by atoms with Gasteiger partial charge < -0.3 is 8.98 Å².